The minimum atomic E-state index is -0.816. The Balaban J connectivity index is 4.54. The highest BCUT2D eigenvalue weighted by Gasteiger charge is 2.19. The highest BCUT2D eigenvalue weighted by Crippen LogP contribution is 2.14. The van der Waals surface area contributed by atoms with Crippen molar-refractivity contribution in [1.82, 2.24) is 0 Å². The number of ether oxygens (including phenoxy) is 3. The third-order valence-electron chi connectivity index (χ3n) is 10.5. The largest absolute Gasteiger partial charge is 0.462 e. The predicted molar refractivity (Wildman–Crippen MR) is 265 cm³/mol. The number of allylic oxidation sites excluding steroid dienone is 16. The monoisotopic (exact) mass is 861 g/mol. The second-order valence-corrected chi connectivity index (χ2v) is 16.5. The minimum Gasteiger partial charge on any atom is -0.462 e. The van der Waals surface area contributed by atoms with Crippen molar-refractivity contribution in [2.24, 2.45) is 0 Å². The van der Waals surface area contributed by atoms with Gasteiger partial charge < -0.3 is 14.2 Å². The Hall–Kier alpha value is -3.67. The maximum absolute atomic E-state index is 12.8. The molecule has 0 rings (SSSR count). The van der Waals surface area contributed by atoms with E-state index in [4.69, 9.17) is 14.2 Å². The van der Waals surface area contributed by atoms with E-state index in [2.05, 4.69) is 51.2 Å². The topological polar surface area (TPSA) is 78.9 Å². The molecular weight excluding hydrogens is 769 g/mol. The maximum Gasteiger partial charge on any atom is 0.306 e. The molecule has 0 radical (unpaired) electrons. The van der Waals surface area contributed by atoms with Crippen LogP contribution in [-0.4, -0.2) is 37.2 Å². The molecule has 0 aliphatic rings. The van der Waals surface area contributed by atoms with Crippen molar-refractivity contribution in [1.29, 1.82) is 0 Å². The lowest BCUT2D eigenvalue weighted by atomic mass is 10.0. The first-order chi connectivity index (χ1) is 30.5. The summed E-state index contributed by atoms with van der Waals surface area (Å²) in [6, 6.07) is 0. The van der Waals surface area contributed by atoms with Gasteiger partial charge >= 0.3 is 17.9 Å². The summed E-state index contributed by atoms with van der Waals surface area (Å²) in [6.45, 7) is 6.39. The quantitative estimate of drug-likeness (QED) is 0.0200. The van der Waals surface area contributed by atoms with E-state index in [0.717, 1.165) is 64.2 Å². The molecule has 352 valence electrons. The first-order valence-electron chi connectivity index (χ1n) is 25.3. The van der Waals surface area contributed by atoms with E-state index in [1.807, 2.05) is 66.8 Å². The summed E-state index contributed by atoms with van der Waals surface area (Å²) in [7, 11) is 0. The van der Waals surface area contributed by atoms with Crippen LogP contribution in [0, 0.1) is 0 Å². The average Bonchev–Trinajstić information content (AvgIpc) is 3.27. The van der Waals surface area contributed by atoms with Crippen molar-refractivity contribution < 1.29 is 28.6 Å². The van der Waals surface area contributed by atoms with Gasteiger partial charge in [0.05, 0.1) is 0 Å². The van der Waals surface area contributed by atoms with Crippen LogP contribution in [-0.2, 0) is 28.6 Å². The molecule has 0 N–H and O–H groups in total. The van der Waals surface area contributed by atoms with Gasteiger partial charge in [0, 0.05) is 19.3 Å². The molecule has 0 fully saturated rings. The van der Waals surface area contributed by atoms with Gasteiger partial charge in [-0.25, -0.2) is 0 Å². The predicted octanol–water partition coefficient (Wildman–Crippen LogP) is 16.6. The Kier molecular flexibility index (Phi) is 47.0. The fourth-order valence-corrected chi connectivity index (χ4v) is 6.70. The van der Waals surface area contributed by atoms with Crippen molar-refractivity contribution in [3.63, 3.8) is 0 Å². The molecule has 0 aliphatic heterocycles. The summed E-state index contributed by atoms with van der Waals surface area (Å²) >= 11 is 0. The van der Waals surface area contributed by atoms with Crippen molar-refractivity contribution in [3.8, 4) is 0 Å². The maximum atomic E-state index is 12.8. The standard InChI is InChI=1S/C56H92O6/c1-4-7-10-13-16-19-22-25-27-28-29-32-34-37-40-43-46-49-55(58)61-52-53(51-60-54(57)48-45-42-39-36-33-30-24-21-18-15-12-9-6-3)62-56(59)50-47-44-41-38-35-31-26-23-20-17-14-11-8-5-2/h7,10,13,16,19,22,25,27-30,32-34,39,42,53H,4-6,8-9,11-12,14-15,17-18,20-21,23-24,26,31,35-38,40-41,43-52H2,1-3H3/b10-7+,16-13+,22-19+,27-25+,29-28+,33-30+,34-32+,42-39+. The summed E-state index contributed by atoms with van der Waals surface area (Å²) in [4.78, 5) is 37.9. The van der Waals surface area contributed by atoms with Crippen LogP contribution in [0.3, 0.4) is 0 Å². The molecule has 0 bridgehead atoms. The third-order valence-corrected chi connectivity index (χ3v) is 10.5. The van der Waals surface area contributed by atoms with Gasteiger partial charge in [-0.1, -0.05) is 240 Å². The minimum absolute atomic E-state index is 0.117. The molecule has 0 aliphatic carbocycles. The molecule has 0 aromatic rings. The van der Waals surface area contributed by atoms with E-state index in [0.29, 0.717) is 19.3 Å². The van der Waals surface area contributed by atoms with Crippen molar-refractivity contribution in [2.45, 2.75) is 226 Å². The van der Waals surface area contributed by atoms with Crippen LogP contribution in [0.15, 0.2) is 97.2 Å². The molecule has 1 atom stereocenters. The molecule has 0 aromatic heterocycles. The Morgan fingerprint density at radius 1 is 0.355 bits per heavy atom. The number of esters is 3. The van der Waals surface area contributed by atoms with Crippen LogP contribution in [0.25, 0.3) is 0 Å². The summed E-state index contributed by atoms with van der Waals surface area (Å²) in [6.07, 6.45) is 65.4. The van der Waals surface area contributed by atoms with Crippen LogP contribution >= 0.6 is 0 Å². The van der Waals surface area contributed by atoms with Gasteiger partial charge in [0.2, 0.25) is 0 Å². The molecular formula is C56H92O6. The smallest absolute Gasteiger partial charge is 0.306 e. The third kappa shape index (κ3) is 47.4. The highest BCUT2D eigenvalue weighted by atomic mass is 16.6. The van der Waals surface area contributed by atoms with E-state index in [1.54, 1.807) is 0 Å². The van der Waals surface area contributed by atoms with Crippen LogP contribution in [0.2, 0.25) is 0 Å². The number of carbonyl (C=O) groups is 3. The van der Waals surface area contributed by atoms with E-state index < -0.39 is 6.10 Å². The van der Waals surface area contributed by atoms with Crippen molar-refractivity contribution in [3.05, 3.63) is 97.2 Å². The molecule has 6 heteroatoms. The van der Waals surface area contributed by atoms with Gasteiger partial charge in [-0.3, -0.25) is 14.4 Å². The summed E-state index contributed by atoms with van der Waals surface area (Å²) in [5, 5.41) is 0. The van der Waals surface area contributed by atoms with Crippen LogP contribution < -0.4 is 0 Å². The molecule has 0 saturated carbocycles. The average molecular weight is 861 g/mol. The molecule has 0 saturated heterocycles. The van der Waals surface area contributed by atoms with Gasteiger partial charge in [-0.2, -0.15) is 0 Å². The molecule has 62 heavy (non-hydrogen) atoms. The summed E-state index contributed by atoms with van der Waals surface area (Å²) < 4.78 is 16.7. The molecule has 0 heterocycles. The van der Waals surface area contributed by atoms with E-state index in [9.17, 15) is 14.4 Å². The Labute approximate surface area is 381 Å². The lowest BCUT2D eigenvalue weighted by Crippen LogP contribution is -2.30. The summed E-state index contributed by atoms with van der Waals surface area (Å²) in [5.74, 6) is -1.03. The van der Waals surface area contributed by atoms with Gasteiger partial charge in [0.15, 0.2) is 6.10 Å². The highest BCUT2D eigenvalue weighted by molar-refractivity contribution is 5.71. The number of unbranched alkanes of at least 4 members (excludes halogenated alkanes) is 22. The fourth-order valence-electron chi connectivity index (χ4n) is 6.70. The number of hydrogen-bond donors (Lipinski definition) is 0. The lowest BCUT2D eigenvalue weighted by Gasteiger charge is -2.18. The Morgan fingerprint density at radius 2 is 0.726 bits per heavy atom. The molecule has 1 unspecified atom stereocenters. The van der Waals surface area contributed by atoms with E-state index in [1.165, 1.54) is 109 Å². The first kappa shape index (κ1) is 58.3. The second-order valence-electron chi connectivity index (χ2n) is 16.5. The van der Waals surface area contributed by atoms with Crippen LogP contribution in [0.4, 0.5) is 0 Å². The van der Waals surface area contributed by atoms with Crippen molar-refractivity contribution >= 4 is 17.9 Å². The van der Waals surface area contributed by atoms with E-state index >= 15 is 0 Å². The normalized spacial score (nSPS) is 12.9. The first-order valence-corrected chi connectivity index (χ1v) is 25.3. The van der Waals surface area contributed by atoms with Crippen molar-refractivity contribution in [2.75, 3.05) is 13.2 Å². The molecule has 0 amide bonds. The number of rotatable bonds is 44. The van der Waals surface area contributed by atoms with E-state index in [-0.39, 0.29) is 37.5 Å². The Bertz CT molecular complexity index is 1260. The SMILES string of the molecule is CC/C=C/C=C/C=C/C=C/C=C/C=C/CCCCCC(=O)OCC(COC(=O)CC/C=C/C/C=C/CCCCCCCC)OC(=O)CCCCCCCCCCCCCCCC. The zero-order valence-electron chi connectivity index (χ0n) is 40.1. The van der Waals surface area contributed by atoms with Gasteiger partial charge in [-0.05, 0) is 57.8 Å². The fraction of sp³-hybridized carbons (Fsp3) is 0.661. The Morgan fingerprint density at radius 3 is 1.23 bits per heavy atom. The molecule has 0 aromatic carbocycles. The van der Waals surface area contributed by atoms with Crippen LogP contribution in [0.1, 0.15) is 220 Å². The second kappa shape index (κ2) is 50.0. The van der Waals surface area contributed by atoms with Gasteiger partial charge in [-0.15, -0.1) is 0 Å². The van der Waals surface area contributed by atoms with Gasteiger partial charge in [0.25, 0.3) is 0 Å². The molecule has 6 nitrogen and oxygen atoms in total. The van der Waals surface area contributed by atoms with Crippen LogP contribution in [0.5, 0.6) is 0 Å². The zero-order valence-corrected chi connectivity index (χ0v) is 40.1. The summed E-state index contributed by atoms with van der Waals surface area (Å²) in [5.41, 5.74) is 0. The molecule has 0 spiro atoms. The number of carbonyl (C=O) groups excluding carboxylic acids is 3. The van der Waals surface area contributed by atoms with Gasteiger partial charge in [0.1, 0.15) is 13.2 Å². The lowest BCUT2D eigenvalue weighted by molar-refractivity contribution is -0.166. The zero-order chi connectivity index (χ0) is 45.1. The number of hydrogen-bond acceptors (Lipinski definition) is 6.